The lowest BCUT2D eigenvalue weighted by atomic mass is 10.1. The summed E-state index contributed by atoms with van der Waals surface area (Å²) in [7, 11) is 0. The average Bonchev–Trinajstić information content (AvgIpc) is 2.92. The van der Waals surface area contributed by atoms with Gasteiger partial charge in [-0.15, -0.1) is 0 Å². The van der Waals surface area contributed by atoms with Crippen LogP contribution < -0.4 is 5.32 Å². The van der Waals surface area contributed by atoms with Crippen molar-refractivity contribution in [1.29, 1.82) is 0 Å². The lowest BCUT2D eigenvalue weighted by Gasteiger charge is -2.11. The number of aliphatic hydroxyl groups excluding tert-OH is 1. The van der Waals surface area contributed by atoms with Crippen LogP contribution in [0.2, 0.25) is 0 Å². The number of carbonyl (C=O) groups is 1. The molecule has 2 aromatic rings. The van der Waals surface area contributed by atoms with Crippen LogP contribution in [-0.2, 0) is 0 Å². The number of aromatic nitrogens is 1. The molecule has 2 rings (SSSR count). The topological polar surface area (TPSA) is 75.4 Å². The van der Waals surface area contributed by atoms with Gasteiger partial charge in [-0.25, -0.2) is 4.98 Å². The molecule has 0 aromatic carbocycles. The molecule has 2 N–H and O–H groups in total. The quantitative estimate of drug-likeness (QED) is 0.843. The van der Waals surface area contributed by atoms with Crippen molar-refractivity contribution in [2.45, 2.75) is 19.9 Å². The summed E-state index contributed by atoms with van der Waals surface area (Å²) >= 11 is 0. The van der Waals surface area contributed by atoms with Gasteiger partial charge < -0.3 is 14.8 Å². The Labute approximate surface area is 123 Å². The van der Waals surface area contributed by atoms with E-state index < -0.39 is 0 Å². The van der Waals surface area contributed by atoms with Crippen LogP contribution in [0.25, 0.3) is 0 Å². The van der Waals surface area contributed by atoms with Gasteiger partial charge in [-0.3, -0.25) is 4.79 Å². The first-order chi connectivity index (χ1) is 10.1. The van der Waals surface area contributed by atoms with Crippen LogP contribution >= 0.6 is 0 Å². The number of pyridine rings is 1. The number of carbonyl (C=O) groups excluding carboxylic acids is 1. The maximum absolute atomic E-state index is 12.3. The van der Waals surface area contributed by atoms with E-state index in [0.29, 0.717) is 11.3 Å². The van der Waals surface area contributed by atoms with Crippen molar-refractivity contribution in [3.05, 3.63) is 53.2 Å². The second kappa shape index (κ2) is 6.73. The lowest BCUT2D eigenvalue weighted by molar-refractivity contribution is 0.0930. The van der Waals surface area contributed by atoms with E-state index in [9.17, 15) is 4.79 Å². The molecule has 1 atom stereocenters. The first-order valence-corrected chi connectivity index (χ1v) is 6.53. The van der Waals surface area contributed by atoms with Crippen molar-refractivity contribution >= 4 is 5.91 Å². The molecule has 2 heterocycles. The molecule has 1 amide bonds. The van der Waals surface area contributed by atoms with Gasteiger partial charge >= 0.3 is 0 Å². The fourth-order valence-electron chi connectivity index (χ4n) is 1.84. The van der Waals surface area contributed by atoms with Crippen LogP contribution in [0.1, 0.15) is 40.5 Å². The highest BCUT2D eigenvalue weighted by Gasteiger charge is 2.17. The zero-order valence-corrected chi connectivity index (χ0v) is 11.9. The number of furan rings is 1. The second-order valence-corrected chi connectivity index (χ2v) is 4.50. The summed E-state index contributed by atoms with van der Waals surface area (Å²) in [6, 6.07) is 6.78. The fraction of sp³-hybridized carbons (Fsp3) is 0.250. The van der Waals surface area contributed by atoms with Crippen LogP contribution in [0, 0.1) is 18.8 Å². The van der Waals surface area contributed by atoms with Gasteiger partial charge in [0.15, 0.2) is 0 Å². The molecule has 0 radical (unpaired) electrons. The summed E-state index contributed by atoms with van der Waals surface area (Å²) in [4.78, 5) is 16.3. The Morgan fingerprint density at radius 2 is 2.29 bits per heavy atom. The van der Waals surface area contributed by atoms with E-state index in [1.54, 1.807) is 12.1 Å². The lowest BCUT2D eigenvalue weighted by Crippen LogP contribution is -2.28. The van der Waals surface area contributed by atoms with Gasteiger partial charge in [0.25, 0.3) is 5.91 Å². The molecule has 0 saturated carbocycles. The maximum Gasteiger partial charge on any atom is 0.271 e. The molecule has 0 fully saturated rings. The molecule has 0 saturated heterocycles. The second-order valence-electron chi connectivity index (χ2n) is 4.50. The van der Waals surface area contributed by atoms with Crippen LogP contribution in [0.4, 0.5) is 0 Å². The fourth-order valence-corrected chi connectivity index (χ4v) is 1.84. The molecule has 0 aliphatic heterocycles. The Hall–Kier alpha value is -2.58. The van der Waals surface area contributed by atoms with E-state index in [4.69, 9.17) is 9.52 Å². The number of nitrogens with zero attached hydrogens (tertiary/aromatic N) is 1. The van der Waals surface area contributed by atoms with Gasteiger partial charge in [0.05, 0.1) is 11.6 Å². The van der Waals surface area contributed by atoms with Gasteiger partial charge in [-0.1, -0.05) is 11.8 Å². The predicted molar refractivity (Wildman–Crippen MR) is 77.5 cm³/mol. The van der Waals surface area contributed by atoms with Gasteiger partial charge in [0.2, 0.25) is 0 Å². The van der Waals surface area contributed by atoms with Crippen molar-refractivity contribution < 1.29 is 14.3 Å². The number of amides is 1. The molecular formula is C16H16N2O3. The normalized spacial score (nSPS) is 11.4. The maximum atomic E-state index is 12.3. The van der Waals surface area contributed by atoms with Crippen molar-refractivity contribution in [3.63, 3.8) is 0 Å². The molecular weight excluding hydrogens is 268 g/mol. The Balaban J connectivity index is 2.17. The highest BCUT2D eigenvalue weighted by atomic mass is 16.3. The molecule has 0 aliphatic rings. The number of hydrogen-bond acceptors (Lipinski definition) is 4. The van der Waals surface area contributed by atoms with E-state index >= 15 is 0 Å². The summed E-state index contributed by atoms with van der Waals surface area (Å²) in [6.45, 7) is 3.41. The van der Waals surface area contributed by atoms with Crippen LogP contribution in [0.5, 0.6) is 0 Å². The van der Waals surface area contributed by atoms with E-state index in [1.165, 1.54) is 6.20 Å². The minimum atomic E-state index is -0.334. The zero-order valence-electron chi connectivity index (χ0n) is 11.9. The first kappa shape index (κ1) is 14.8. The van der Waals surface area contributed by atoms with E-state index in [1.807, 2.05) is 26.0 Å². The monoisotopic (exact) mass is 284 g/mol. The number of aryl methyl sites for hydroxylation is 1. The highest BCUT2D eigenvalue weighted by molar-refractivity contribution is 5.94. The van der Waals surface area contributed by atoms with Gasteiger partial charge in [-0.2, -0.15) is 0 Å². The molecule has 0 bridgehead atoms. The highest BCUT2D eigenvalue weighted by Crippen LogP contribution is 2.16. The number of nitrogens with one attached hydrogen (secondary N) is 1. The van der Waals surface area contributed by atoms with Crippen molar-refractivity contribution in [1.82, 2.24) is 10.3 Å². The molecule has 0 aliphatic carbocycles. The number of rotatable bonds is 3. The summed E-state index contributed by atoms with van der Waals surface area (Å²) in [6.07, 6.45) is 1.53. The van der Waals surface area contributed by atoms with Crippen LogP contribution in [0.3, 0.4) is 0 Å². The standard InChI is InChI=1S/C16H16N2O3/c1-11-7-8-14(21-11)12(2)18-16(20)15-13(6-4-10-19)5-3-9-17-15/h3,5,7-9,12,19H,10H2,1-2H3,(H,18,20). The summed E-state index contributed by atoms with van der Waals surface area (Å²) in [5, 5.41) is 11.6. The van der Waals surface area contributed by atoms with E-state index in [2.05, 4.69) is 22.1 Å². The number of hydrogen-bond donors (Lipinski definition) is 2. The third kappa shape index (κ3) is 3.71. The Kier molecular flexibility index (Phi) is 4.75. The summed E-state index contributed by atoms with van der Waals surface area (Å²) < 4.78 is 5.48. The Morgan fingerprint density at radius 3 is 2.95 bits per heavy atom. The van der Waals surface area contributed by atoms with Crippen molar-refractivity contribution in [3.8, 4) is 11.8 Å². The van der Waals surface area contributed by atoms with Gasteiger partial charge in [-0.05, 0) is 38.1 Å². The summed E-state index contributed by atoms with van der Waals surface area (Å²) in [5.74, 6) is 6.37. The minimum Gasteiger partial charge on any atom is -0.464 e. The molecule has 2 aromatic heterocycles. The Bertz CT molecular complexity index is 695. The minimum absolute atomic E-state index is 0.230. The number of aliphatic hydroxyl groups is 1. The summed E-state index contributed by atoms with van der Waals surface area (Å²) in [5.41, 5.74) is 0.709. The molecule has 5 nitrogen and oxygen atoms in total. The molecule has 0 spiro atoms. The van der Waals surface area contributed by atoms with Crippen molar-refractivity contribution in [2.24, 2.45) is 0 Å². The molecule has 108 valence electrons. The third-order valence-electron chi connectivity index (χ3n) is 2.86. The van der Waals surface area contributed by atoms with E-state index in [0.717, 1.165) is 5.76 Å². The first-order valence-electron chi connectivity index (χ1n) is 6.53. The van der Waals surface area contributed by atoms with Crippen LogP contribution in [0.15, 0.2) is 34.9 Å². The molecule has 1 unspecified atom stereocenters. The average molecular weight is 284 g/mol. The van der Waals surface area contributed by atoms with Crippen molar-refractivity contribution in [2.75, 3.05) is 6.61 Å². The van der Waals surface area contributed by atoms with Gasteiger partial charge in [0.1, 0.15) is 23.8 Å². The predicted octanol–water partition coefficient (Wildman–Crippen LogP) is 1.82. The zero-order chi connectivity index (χ0) is 15.2. The SMILES string of the molecule is Cc1ccc(C(C)NC(=O)c2ncccc2C#CCO)o1. The van der Waals surface area contributed by atoms with Crippen LogP contribution in [-0.4, -0.2) is 22.6 Å². The Morgan fingerprint density at radius 1 is 1.48 bits per heavy atom. The smallest absolute Gasteiger partial charge is 0.271 e. The molecule has 21 heavy (non-hydrogen) atoms. The largest absolute Gasteiger partial charge is 0.464 e. The third-order valence-corrected chi connectivity index (χ3v) is 2.86. The van der Waals surface area contributed by atoms with E-state index in [-0.39, 0.29) is 24.2 Å². The van der Waals surface area contributed by atoms with Gasteiger partial charge in [0, 0.05) is 6.20 Å². The molecule has 5 heteroatoms.